The Hall–Kier alpha value is -6.62. The number of likely N-dealkylation sites (tertiary alicyclic amines) is 1. The van der Waals surface area contributed by atoms with Gasteiger partial charge in [0.2, 0.25) is 17.7 Å². The molecule has 5 heterocycles. The van der Waals surface area contributed by atoms with E-state index in [0.717, 1.165) is 39.9 Å². The third kappa shape index (κ3) is 11.2. The third-order valence-corrected chi connectivity index (χ3v) is 13.3. The summed E-state index contributed by atoms with van der Waals surface area (Å²) >= 11 is 6.76. The summed E-state index contributed by atoms with van der Waals surface area (Å²) in [7, 11) is 0. The largest absolute Gasteiger partial charge is 0.494 e. The fourth-order valence-electron chi connectivity index (χ4n) is 8.41. The number of halogens is 8. The average Bonchev–Trinajstić information content (AvgIpc) is 4.09. The fourth-order valence-corrected chi connectivity index (χ4v) is 9.68. The molecule has 2 N–H and O–H groups in total. The number of carbonyl (C=O) groups excluding carboxylic acids is 3. The normalized spacial score (nSPS) is 17.6. The van der Waals surface area contributed by atoms with Crippen molar-refractivity contribution in [2.75, 3.05) is 36.2 Å². The van der Waals surface area contributed by atoms with Crippen LogP contribution >= 0.6 is 23.6 Å². The first-order chi connectivity index (χ1) is 34.1. The number of unbranched alkanes of at least 4 members (excludes halogenated alkanes) is 1. The highest BCUT2D eigenvalue weighted by Crippen LogP contribution is 2.44. The van der Waals surface area contributed by atoms with Crippen molar-refractivity contribution in [2.45, 2.75) is 96.9 Å². The second kappa shape index (κ2) is 20.7. The van der Waals surface area contributed by atoms with Gasteiger partial charge in [0.05, 0.1) is 63.6 Å². The minimum Gasteiger partial charge on any atom is -0.494 e. The smallest absolute Gasteiger partial charge is 0.420 e. The van der Waals surface area contributed by atoms with E-state index in [1.54, 1.807) is 26.3 Å². The lowest BCUT2D eigenvalue weighted by Gasteiger charge is -2.35. The zero-order valence-electron chi connectivity index (χ0n) is 39.7. The van der Waals surface area contributed by atoms with Gasteiger partial charge in [-0.2, -0.15) is 31.6 Å². The first-order valence-corrected chi connectivity index (χ1v) is 23.6. The number of aliphatic hydroxyl groups is 1. The number of amides is 3. The van der Waals surface area contributed by atoms with E-state index in [0.29, 0.717) is 29.1 Å². The number of carbonyl (C=O) groups is 3. The summed E-state index contributed by atoms with van der Waals surface area (Å²) < 4.78 is 133. The molecule has 2 saturated heterocycles. The molecule has 2 fully saturated rings. The summed E-state index contributed by atoms with van der Waals surface area (Å²) in [4.78, 5) is 57.1. The number of hydrogen-bond acceptors (Lipinski definition) is 13. The van der Waals surface area contributed by atoms with E-state index in [1.165, 1.54) is 48.5 Å². The lowest BCUT2D eigenvalue weighted by atomic mass is 9.85. The molecule has 0 spiro atoms. The Labute approximate surface area is 421 Å². The van der Waals surface area contributed by atoms with Crippen molar-refractivity contribution in [3.05, 3.63) is 94.3 Å². The molecular formula is C48H46F8N8O7S2. The average molecular weight is 1060 g/mol. The van der Waals surface area contributed by atoms with Gasteiger partial charge < -0.3 is 34.1 Å². The number of rotatable bonds is 15. The molecule has 0 aliphatic carbocycles. The van der Waals surface area contributed by atoms with Crippen molar-refractivity contribution in [1.82, 2.24) is 25.2 Å². The van der Waals surface area contributed by atoms with Crippen LogP contribution in [0.1, 0.15) is 88.2 Å². The molecule has 0 saturated carbocycles. The molecule has 0 bridgehead atoms. The van der Waals surface area contributed by atoms with Crippen molar-refractivity contribution in [2.24, 2.45) is 5.41 Å². The van der Waals surface area contributed by atoms with E-state index in [2.05, 4.69) is 20.3 Å². The van der Waals surface area contributed by atoms with Crippen molar-refractivity contribution < 1.29 is 68.5 Å². The molecule has 5 aromatic rings. The van der Waals surface area contributed by atoms with Gasteiger partial charge in [-0.3, -0.25) is 24.3 Å². The van der Waals surface area contributed by atoms with E-state index in [4.69, 9.17) is 31.4 Å². The van der Waals surface area contributed by atoms with E-state index in [1.807, 2.05) is 6.92 Å². The summed E-state index contributed by atoms with van der Waals surface area (Å²) in [5, 5.41) is 21.9. The van der Waals surface area contributed by atoms with Crippen LogP contribution in [0.3, 0.4) is 0 Å². The molecule has 7 rings (SSSR count). The molecule has 2 aliphatic rings. The number of hydrogen-bond donors (Lipinski definition) is 2. The lowest BCUT2D eigenvalue weighted by Crippen LogP contribution is -2.55. The number of benzene rings is 2. The van der Waals surface area contributed by atoms with Gasteiger partial charge in [-0.25, -0.2) is 18.7 Å². The topological polar surface area (TPSA) is 187 Å². The van der Waals surface area contributed by atoms with Crippen molar-refractivity contribution >= 4 is 57.8 Å². The fraction of sp³-hybridized carbons (Fsp3) is 0.417. The molecule has 3 aromatic heterocycles. The molecule has 388 valence electrons. The van der Waals surface area contributed by atoms with Crippen LogP contribution < -0.4 is 19.9 Å². The van der Waals surface area contributed by atoms with Gasteiger partial charge in [0.1, 0.15) is 53.2 Å². The highest BCUT2D eigenvalue weighted by molar-refractivity contribution is 7.81. The number of nitrogens with one attached hydrogen (secondary N) is 1. The first kappa shape index (κ1) is 54.2. The molecule has 25 heteroatoms. The Kier molecular flexibility index (Phi) is 15.4. The van der Waals surface area contributed by atoms with Gasteiger partial charge in [0.25, 0.3) is 5.91 Å². The van der Waals surface area contributed by atoms with Crippen LogP contribution in [0, 0.1) is 35.3 Å². The number of aliphatic hydroxyl groups excluding tert-OH is 1. The number of thiocarbonyl (C=S) groups is 1. The van der Waals surface area contributed by atoms with Gasteiger partial charge in [0, 0.05) is 31.2 Å². The number of thiazole rings is 1. The Morgan fingerprint density at radius 1 is 1.05 bits per heavy atom. The quantitative estimate of drug-likeness (QED) is 0.0574. The summed E-state index contributed by atoms with van der Waals surface area (Å²) in [6.07, 6.45) is -8.11. The highest BCUT2D eigenvalue weighted by Gasteiger charge is 2.52. The summed E-state index contributed by atoms with van der Waals surface area (Å²) in [5.74, 6) is -5.33. The Morgan fingerprint density at radius 2 is 1.77 bits per heavy atom. The van der Waals surface area contributed by atoms with Crippen molar-refractivity contribution in [1.29, 1.82) is 5.26 Å². The monoisotopic (exact) mass is 1060 g/mol. The van der Waals surface area contributed by atoms with Gasteiger partial charge >= 0.3 is 12.4 Å². The zero-order valence-corrected chi connectivity index (χ0v) is 41.4. The standard InChI is InChI=1S/C48H46F8N8O7S2/c1-24-39(73-23-59-24)32-21-71-41(60-32)34-16-27(65)20-62(34)42(67)40(45(2,3)4)61-35(66)22-69-13-7-8-14-70-28-10-11-29(30(17-28)47(51,52)53)38-31(49)15-26(19-58-38)64-44(72)63(43(68)46(64,5)6)33-12-9-25(18-57)36(37(33)50)48(54,55)56/h9-12,15,17,19,21,23,27,34,40,65H,7-8,13-14,16,20,22H2,1-6H3,(H,61,66)/t27-,34+,40-/m1/s1. The van der Waals surface area contributed by atoms with Gasteiger partial charge in [-0.15, -0.1) is 11.3 Å². The minimum atomic E-state index is -5.34. The van der Waals surface area contributed by atoms with E-state index in [9.17, 15) is 45.8 Å². The van der Waals surface area contributed by atoms with Crippen molar-refractivity contribution in [3.63, 3.8) is 0 Å². The van der Waals surface area contributed by atoms with Gasteiger partial charge in [0.15, 0.2) is 16.7 Å². The third-order valence-electron chi connectivity index (χ3n) is 12.0. The number of nitriles is 1. The number of pyridine rings is 1. The number of alkyl halides is 6. The number of aryl methyl sites for hydroxylation is 1. The summed E-state index contributed by atoms with van der Waals surface area (Å²) in [6, 6.07) is 4.45. The Morgan fingerprint density at radius 3 is 2.40 bits per heavy atom. The number of aromatic nitrogens is 3. The van der Waals surface area contributed by atoms with E-state index >= 15 is 8.78 Å². The van der Waals surface area contributed by atoms with Crippen LogP contribution in [-0.4, -0.2) is 91.8 Å². The van der Waals surface area contributed by atoms with Gasteiger partial charge in [-0.05, 0) is 81.6 Å². The van der Waals surface area contributed by atoms with Crippen LogP contribution in [0.25, 0.3) is 21.8 Å². The van der Waals surface area contributed by atoms with Crippen LogP contribution in [-0.2, 0) is 31.5 Å². The van der Waals surface area contributed by atoms with Gasteiger partial charge in [-0.1, -0.05) is 20.8 Å². The molecular weight excluding hydrogens is 1020 g/mol. The lowest BCUT2D eigenvalue weighted by molar-refractivity contribution is -0.142. The first-order valence-electron chi connectivity index (χ1n) is 22.3. The molecule has 0 unspecified atom stereocenters. The van der Waals surface area contributed by atoms with E-state index < -0.39 is 116 Å². The molecule has 3 amide bonds. The van der Waals surface area contributed by atoms with Crippen LogP contribution in [0.4, 0.5) is 46.5 Å². The van der Waals surface area contributed by atoms with Crippen molar-refractivity contribution in [3.8, 4) is 33.6 Å². The van der Waals surface area contributed by atoms with Crippen LogP contribution in [0.5, 0.6) is 5.75 Å². The maximum Gasteiger partial charge on any atom is 0.420 e. The number of β-amino-alcohol motifs (C(OH)–C–C–N with tert-alkyl or cyclic N) is 1. The SMILES string of the molecule is Cc1ncsc1-c1coc([C@@H]2C[C@@H](O)CN2C(=O)[C@@H](NC(=O)COCCCCOc2ccc(-c3ncc(N4C(=S)N(c5ccc(C#N)c(C(F)(F)F)c5F)C(=O)C4(C)C)cc3F)c(C(F)(F)F)c2)C(C)(C)C)n1. The maximum absolute atomic E-state index is 15.9. The number of oxazole rings is 1. The molecule has 2 aliphatic heterocycles. The van der Waals surface area contributed by atoms with Crippen LogP contribution in [0.2, 0.25) is 0 Å². The predicted molar refractivity (Wildman–Crippen MR) is 252 cm³/mol. The number of nitrogens with zero attached hydrogens (tertiary/aromatic N) is 7. The predicted octanol–water partition coefficient (Wildman–Crippen LogP) is 9.31. The summed E-state index contributed by atoms with van der Waals surface area (Å²) in [6.45, 7) is 9.19. The molecule has 3 atom stereocenters. The molecule has 73 heavy (non-hydrogen) atoms. The second-order valence-corrected chi connectivity index (χ2v) is 19.9. The Bertz CT molecular complexity index is 2980. The number of ether oxygens (including phenoxy) is 2. The highest BCUT2D eigenvalue weighted by atomic mass is 32.1. The maximum atomic E-state index is 15.9. The molecule has 2 aromatic carbocycles. The zero-order chi connectivity index (χ0) is 53.5. The minimum absolute atomic E-state index is 0.00804. The molecule has 0 radical (unpaired) electrons. The molecule has 15 nitrogen and oxygen atoms in total. The number of anilines is 2. The van der Waals surface area contributed by atoms with Crippen LogP contribution in [0.15, 0.2) is 58.8 Å². The Balaban J connectivity index is 0.942. The second-order valence-electron chi connectivity index (χ2n) is 18.7. The van der Waals surface area contributed by atoms with E-state index in [-0.39, 0.29) is 49.9 Å². The summed E-state index contributed by atoms with van der Waals surface area (Å²) in [5.41, 5.74) is -6.56.